The number of aliphatic hydroxyl groups is 1. The highest BCUT2D eigenvalue weighted by molar-refractivity contribution is 5.81. The lowest BCUT2D eigenvalue weighted by atomic mass is 10.2. The molecule has 0 fully saturated rings. The maximum atomic E-state index is 9.02. The van der Waals surface area contributed by atoms with Crippen molar-refractivity contribution in [2.24, 2.45) is 0 Å². The Morgan fingerprint density at radius 1 is 1.47 bits per heavy atom. The molecule has 0 amide bonds. The zero-order valence-electron chi connectivity index (χ0n) is 9.64. The molecule has 6 nitrogen and oxygen atoms in total. The fourth-order valence-corrected chi connectivity index (χ4v) is 1.51. The van der Waals surface area contributed by atoms with E-state index in [9.17, 15) is 0 Å². The SMILES string of the molecule is CC/C(=C\CNc1ncnc2nc[nH]c12)CO. The normalized spacial score (nSPS) is 12.0. The molecule has 90 valence electrons. The molecule has 0 bridgehead atoms. The van der Waals surface area contributed by atoms with Gasteiger partial charge in [-0.3, -0.25) is 0 Å². The summed E-state index contributed by atoms with van der Waals surface area (Å²) in [6.07, 6.45) is 5.87. The minimum Gasteiger partial charge on any atom is -0.392 e. The Morgan fingerprint density at radius 2 is 2.35 bits per heavy atom. The highest BCUT2D eigenvalue weighted by Crippen LogP contribution is 2.13. The summed E-state index contributed by atoms with van der Waals surface area (Å²) in [7, 11) is 0. The number of anilines is 1. The number of fused-ring (bicyclic) bond motifs is 1. The third-order valence-corrected chi connectivity index (χ3v) is 2.54. The topological polar surface area (TPSA) is 86.7 Å². The Balaban J connectivity index is 2.09. The second-order valence-electron chi connectivity index (χ2n) is 3.58. The van der Waals surface area contributed by atoms with Crippen LogP contribution in [0, 0.1) is 0 Å². The lowest BCUT2D eigenvalue weighted by Gasteiger charge is -2.04. The zero-order valence-corrected chi connectivity index (χ0v) is 9.64. The number of nitrogens with one attached hydrogen (secondary N) is 2. The number of imidazole rings is 1. The second-order valence-corrected chi connectivity index (χ2v) is 3.58. The van der Waals surface area contributed by atoms with Gasteiger partial charge < -0.3 is 15.4 Å². The van der Waals surface area contributed by atoms with E-state index in [-0.39, 0.29) is 6.61 Å². The van der Waals surface area contributed by atoms with Gasteiger partial charge in [-0.05, 0) is 12.0 Å². The first-order chi connectivity index (χ1) is 8.35. The molecule has 0 radical (unpaired) electrons. The number of aliphatic hydroxyl groups excluding tert-OH is 1. The minimum absolute atomic E-state index is 0.0986. The van der Waals surface area contributed by atoms with E-state index in [1.165, 1.54) is 6.33 Å². The predicted molar refractivity (Wildman–Crippen MR) is 65.6 cm³/mol. The van der Waals surface area contributed by atoms with Crippen molar-refractivity contribution >= 4 is 17.0 Å². The van der Waals surface area contributed by atoms with Gasteiger partial charge in [0.2, 0.25) is 0 Å². The van der Waals surface area contributed by atoms with Crippen molar-refractivity contribution in [2.75, 3.05) is 18.5 Å². The number of hydrogen-bond donors (Lipinski definition) is 3. The molecule has 0 aliphatic heterocycles. The summed E-state index contributed by atoms with van der Waals surface area (Å²) in [6.45, 7) is 2.73. The number of aromatic amines is 1. The molecule has 0 atom stereocenters. The van der Waals surface area contributed by atoms with Crippen LogP contribution in [-0.4, -0.2) is 38.2 Å². The summed E-state index contributed by atoms with van der Waals surface area (Å²) in [5.74, 6) is 0.720. The van der Waals surface area contributed by atoms with Crippen LogP contribution in [0.5, 0.6) is 0 Å². The van der Waals surface area contributed by atoms with Gasteiger partial charge in [0.05, 0.1) is 12.9 Å². The lowest BCUT2D eigenvalue weighted by Crippen LogP contribution is -2.03. The van der Waals surface area contributed by atoms with E-state index in [1.807, 2.05) is 13.0 Å². The van der Waals surface area contributed by atoms with Crippen molar-refractivity contribution in [3.8, 4) is 0 Å². The van der Waals surface area contributed by atoms with Crippen LogP contribution in [0.4, 0.5) is 5.82 Å². The average Bonchev–Trinajstić information content (AvgIpc) is 2.83. The molecule has 2 heterocycles. The Labute approximate surface area is 98.8 Å². The Morgan fingerprint density at radius 3 is 3.12 bits per heavy atom. The molecule has 0 aromatic carbocycles. The fourth-order valence-electron chi connectivity index (χ4n) is 1.51. The largest absolute Gasteiger partial charge is 0.392 e. The van der Waals surface area contributed by atoms with Crippen LogP contribution < -0.4 is 5.32 Å². The molecule has 0 spiro atoms. The first-order valence-corrected chi connectivity index (χ1v) is 5.52. The van der Waals surface area contributed by atoms with Crippen LogP contribution in [0.3, 0.4) is 0 Å². The van der Waals surface area contributed by atoms with Crippen LogP contribution >= 0.6 is 0 Å². The minimum atomic E-state index is 0.0986. The van der Waals surface area contributed by atoms with Crippen molar-refractivity contribution in [1.82, 2.24) is 19.9 Å². The predicted octanol–water partition coefficient (Wildman–Crippen LogP) is 1.09. The second kappa shape index (κ2) is 5.40. The van der Waals surface area contributed by atoms with Gasteiger partial charge in [0.1, 0.15) is 11.8 Å². The van der Waals surface area contributed by atoms with E-state index < -0.39 is 0 Å². The first kappa shape index (κ1) is 11.5. The molecular weight excluding hydrogens is 218 g/mol. The summed E-state index contributed by atoms with van der Waals surface area (Å²) in [6, 6.07) is 0. The van der Waals surface area contributed by atoms with Gasteiger partial charge in [-0.1, -0.05) is 13.0 Å². The van der Waals surface area contributed by atoms with Crippen molar-refractivity contribution < 1.29 is 5.11 Å². The van der Waals surface area contributed by atoms with Crippen LogP contribution in [-0.2, 0) is 0 Å². The van der Waals surface area contributed by atoms with E-state index in [0.717, 1.165) is 23.3 Å². The molecule has 2 aromatic rings. The Hall–Kier alpha value is -1.95. The summed E-state index contributed by atoms with van der Waals surface area (Å²) >= 11 is 0. The molecule has 0 saturated carbocycles. The van der Waals surface area contributed by atoms with E-state index in [1.54, 1.807) is 6.33 Å². The summed E-state index contributed by atoms with van der Waals surface area (Å²) in [4.78, 5) is 15.2. The number of H-pyrrole nitrogens is 1. The highest BCUT2D eigenvalue weighted by atomic mass is 16.3. The fraction of sp³-hybridized carbons (Fsp3) is 0.364. The van der Waals surface area contributed by atoms with Gasteiger partial charge in [0.25, 0.3) is 0 Å². The molecule has 0 saturated heterocycles. The third-order valence-electron chi connectivity index (χ3n) is 2.54. The summed E-state index contributed by atoms with van der Waals surface area (Å²) < 4.78 is 0. The summed E-state index contributed by atoms with van der Waals surface area (Å²) in [5.41, 5.74) is 2.44. The van der Waals surface area contributed by atoms with E-state index in [0.29, 0.717) is 12.2 Å². The number of nitrogens with zero attached hydrogens (tertiary/aromatic N) is 3. The standard InChI is InChI=1S/C11H15N5O/c1-2-8(5-17)3-4-12-10-9-11(14-6-13-9)16-7-15-10/h3,6-7,17H,2,4-5H2,1H3,(H2,12,13,14,15,16)/b8-3+. The van der Waals surface area contributed by atoms with Crippen LogP contribution in [0.2, 0.25) is 0 Å². The smallest absolute Gasteiger partial charge is 0.182 e. The van der Waals surface area contributed by atoms with Gasteiger partial charge in [-0.25, -0.2) is 15.0 Å². The highest BCUT2D eigenvalue weighted by Gasteiger charge is 2.03. The maximum Gasteiger partial charge on any atom is 0.182 e. The molecule has 3 N–H and O–H groups in total. The quantitative estimate of drug-likeness (QED) is 0.673. The van der Waals surface area contributed by atoms with E-state index in [2.05, 4.69) is 25.3 Å². The van der Waals surface area contributed by atoms with E-state index >= 15 is 0 Å². The van der Waals surface area contributed by atoms with Crippen molar-refractivity contribution in [2.45, 2.75) is 13.3 Å². The lowest BCUT2D eigenvalue weighted by molar-refractivity contribution is 0.327. The molecule has 17 heavy (non-hydrogen) atoms. The van der Waals surface area contributed by atoms with Crippen molar-refractivity contribution in [3.05, 3.63) is 24.3 Å². The van der Waals surface area contributed by atoms with Gasteiger partial charge in [-0.15, -0.1) is 0 Å². The zero-order chi connectivity index (χ0) is 12.1. The van der Waals surface area contributed by atoms with Crippen LogP contribution in [0.15, 0.2) is 24.3 Å². The van der Waals surface area contributed by atoms with Gasteiger partial charge >= 0.3 is 0 Å². The molecule has 0 unspecified atom stereocenters. The van der Waals surface area contributed by atoms with Gasteiger partial charge in [0.15, 0.2) is 11.5 Å². The van der Waals surface area contributed by atoms with Crippen molar-refractivity contribution in [3.63, 3.8) is 0 Å². The molecular formula is C11H15N5O. The molecule has 6 heteroatoms. The first-order valence-electron chi connectivity index (χ1n) is 5.52. The number of rotatable bonds is 5. The molecule has 2 aromatic heterocycles. The van der Waals surface area contributed by atoms with Crippen LogP contribution in [0.25, 0.3) is 11.2 Å². The van der Waals surface area contributed by atoms with Crippen LogP contribution in [0.1, 0.15) is 13.3 Å². The monoisotopic (exact) mass is 233 g/mol. The van der Waals surface area contributed by atoms with Crippen molar-refractivity contribution in [1.29, 1.82) is 0 Å². The summed E-state index contributed by atoms with van der Waals surface area (Å²) in [5, 5.41) is 12.2. The number of aromatic nitrogens is 4. The molecule has 0 aliphatic rings. The Kier molecular flexibility index (Phi) is 3.66. The molecule has 0 aliphatic carbocycles. The Bertz CT molecular complexity index is 513. The number of hydrogen-bond acceptors (Lipinski definition) is 5. The van der Waals surface area contributed by atoms with Gasteiger partial charge in [0, 0.05) is 6.54 Å². The van der Waals surface area contributed by atoms with Gasteiger partial charge in [-0.2, -0.15) is 0 Å². The average molecular weight is 233 g/mol. The maximum absolute atomic E-state index is 9.02. The third kappa shape index (κ3) is 2.59. The van der Waals surface area contributed by atoms with E-state index in [4.69, 9.17) is 5.11 Å². The molecule has 2 rings (SSSR count).